The third kappa shape index (κ3) is 5.27. The van der Waals surface area contributed by atoms with E-state index in [0.717, 1.165) is 0 Å². The Bertz CT molecular complexity index is 507. The summed E-state index contributed by atoms with van der Waals surface area (Å²) in [6, 6.07) is 4.20. The maximum atomic E-state index is 11.8. The van der Waals surface area contributed by atoms with Gasteiger partial charge in [0, 0.05) is 12.1 Å². The number of nitrogens with one attached hydrogen (secondary N) is 1. The van der Waals surface area contributed by atoms with Crippen LogP contribution in [0.15, 0.2) is 18.2 Å². The largest absolute Gasteiger partial charge is 0.481 e. The van der Waals surface area contributed by atoms with Gasteiger partial charge < -0.3 is 15.2 Å². The summed E-state index contributed by atoms with van der Waals surface area (Å²) in [5.41, 5.74) is 0. The lowest BCUT2D eigenvalue weighted by atomic mass is 10.2. The van der Waals surface area contributed by atoms with Gasteiger partial charge in [-0.3, -0.25) is 9.59 Å². The number of carboxylic acids is 1. The molecule has 1 aromatic carbocycles. The summed E-state index contributed by atoms with van der Waals surface area (Å²) in [6.07, 6.45) is -0.922. The molecule has 2 atom stereocenters. The number of aliphatic carboxylic acids is 1. The second-order valence-electron chi connectivity index (χ2n) is 4.34. The van der Waals surface area contributed by atoms with E-state index in [1.807, 2.05) is 0 Å². The van der Waals surface area contributed by atoms with E-state index in [2.05, 4.69) is 5.32 Å². The van der Waals surface area contributed by atoms with Crippen LogP contribution in [0.5, 0.6) is 5.75 Å². The van der Waals surface area contributed by atoms with Crippen LogP contribution in [-0.4, -0.2) is 29.1 Å². The van der Waals surface area contributed by atoms with Crippen LogP contribution in [-0.2, 0) is 9.59 Å². The van der Waals surface area contributed by atoms with Gasteiger partial charge in [0.1, 0.15) is 5.75 Å². The van der Waals surface area contributed by atoms with Gasteiger partial charge in [0.2, 0.25) is 0 Å². The summed E-state index contributed by atoms with van der Waals surface area (Å²) in [6.45, 7) is 3.17. The van der Waals surface area contributed by atoms with Crippen LogP contribution in [0.4, 0.5) is 0 Å². The molecule has 0 spiro atoms. The van der Waals surface area contributed by atoms with Crippen LogP contribution in [0.25, 0.3) is 0 Å². The highest BCUT2D eigenvalue weighted by molar-refractivity contribution is 6.42. The average molecular weight is 320 g/mol. The van der Waals surface area contributed by atoms with E-state index in [9.17, 15) is 9.59 Å². The van der Waals surface area contributed by atoms with Gasteiger partial charge in [-0.25, -0.2) is 0 Å². The lowest BCUT2D eigenvalue weighted by molar-refractivity contribution is -0.137. The van der Waals surface area contributed by atoms with Gasteiger partial charge in [0.15, 0.2) is 6.10 Å². The molecule has 0 saturated carbocycles. The minimum Gasteiger partial charge on any atom is -0.481 e. The predicted octanol–water partition coefficient (Wildman–Crippen LogP) is 2.74. The number of carbonyl (C=O) groups is 2. The van der Waals surface area contributed by atoms with Crippen molar-refractivity contribution in [2.45, 2.75) is 32.4 Å². The topological polar surface area (TPSA) is 75.6 Å². The molecule has 0 aliphatic rings. The van der Waals surface area contributed by atoms with E-state index in [4.69, 9.17) is 33.0 Å². The van der Waals surface area contributed by atoms with Gasteiger partial charge in [-0.15, -0.1) is 0 Å². The maximum Gasteiger partial charge on any atom is 0.305 e. The average Bonchev–Trinajstić information content (AvgIpc) is 2.32. The van der Waals surface area contributed by atoms with E-state index >= 15 is 0 Å². The number of hydrogen-bond acceptors (Lipinski definition) is 3. The highest BCUT2D eigenvalue weighted by atomic mass is 35.5. The first-order chi connectivity index (χ1) is 9.29. The van der Waals surface area contributed by atoms with E-state index in [1.165, 1.54) is 6.07 Å². The Morgan fingerprint density at radius 1 is 1.30 bits per heavy atom. The molecule has 5 nitrogen and oxygen atoms in total. The number of carbonyl (C=O) groups excluding carboxylic acids is 1. The van der Waals surface area contributed by atoms with Crippen molar-refractivity contribution >= 4 is 35.1 Å². The van der Waals surface area contributed by atoms with Crippen LogP contribution in [0.2, 0.25) is 10.0 Å². The summed E-state index contributed by atoms with van der Waals surface area (Å²) in [4.78, 5) is 22.3. The molecule has 2 N–H and O–H groups in total. The molecule has 0 saturated heterocycles. The Morgan fingerprint density at radius 2 is 1.95 bits per heavy atom. The van der Waals surface area contributed by atoms with Crippen LogP contribution in [0.3, 0.4) is 0 Å². The number of ether oxygens (including phenoxy) is 1. The molecule has 0 aromatic heterocycles. The smallest absolute Gasteiger partial charge is 0.305 e. The number of amides is 1. The summed E-state index contributed by atoms with van der Waals surface area (Å²) in [5, 5.41) is 11.9. The van der Waals surface area contributed by atoms with Crippen molar-refractivity contribution in [3.8, 4) is 5.75 Å². The van der Waals surface area contributed by atoms with Crippen molar-refractivity contribution in [3.05, 3.63) is 28.2 Å². The monoisotopic (exact) mass is 319 g/mol. The molecule has 20 heavy (non-hydrogen) atoms. The second kappa shape index (κ2) is 7.36. The van der Waals surface area contributed by atoms with E-state index in [0.29, 0.717) is 15.8 Å². The Labute approximate surface area is 126 Å². The van der Waals surface area contributed by atoms with Crippen molar-refractivity contribution in [1.82, 2.24) is 5.32 Å². The number of carboxylic acid groups (broad SMARTS) is 1. The molecule has 0 bridgehead atoms. The zero-order chi connectivity index (χ0) is 15.3. The molecule has 1 amide bonds. The number of halogens is 2. The Kier molecular flexibility index (Phi) is 6.10. The van der Waals surface area contributed by atoms with E-state index < -0.39 is 24.0 Å². The van der Waals surface area contributed by atoms with Crippen molar-refractivity contribution < 1.29 is 19.4 Å². The molecule has 1 aromatic rings. The van der Waals surface area contributed by atoms with Crippen molar-refractivity contribution in [2.75, 3.05) is 0 Å². The molecule has 7 heteroatoms. The fraction of sp³-hybridized carbons (Fsp3) is 0.385. The summed E-state index contributed by atoms with van der Waals surface area (Å²) < 4.78 is 5.42. The second-order valence-corrected chi connectivity index (χ2v) is 5.16. The first-order valence-electron chi connectivity index (χ1n) is 5.93. The van der Waals surface area contributed by atoms with E-state index in [1.54, 1.807) is 26.0 Å². The molecule has 0 radical (unpaired) electrons. The maximum absolute atomic E-state index is 11.8. The highest BCUT2D eigenvalue weighted by Crippen LogP contribution is 2.26. The molecular weight excluding hydrogens is 305 g/mol. The molecule has 0 aliphatic carbocycles. The fourth-order valence-electron chi connectivity index (χ4n) is 1.48. The molecular formula is C13H15Cl2NO4. The predicted molar refractivity (Wildman–Crippen MR) is 76.4 cm³/mol. The lowest BCUT2D eigenvalue weighted by Crippen LogP contribution is -2.42. The zero-order valence-corrected chi connectivity index (χ0v) is 12.5. The Hall–Kier alpha value is -1.46. The molecule has 1 rings (SSSR count). The Morgan fingerprint density at radius 3 is 2.50 bits per heavy atom. The summed E-state index contributed by atoms with van der Waals surface area (Å²) in [5.74, 6) is -0.964. The molecule has 110 valence electrons. The summed E-state index contributed by atoms with van der Waals surface area (Å²) in [7, 11) is 0. The standard InChI is InChI=1S/C13H15Cl2NO4/c1-7(5-12(17)18)16-13(19)8(2)20-9-3-4-10(14)11(15)6-9/h3-4,6-8H,5H2,1-2H3,(H,16,19)(H,17,18). The van der Waals surface area contributed by atoms with Gasteiger partial charge in [-0.2, -0.15) is 0 Å². The SMILES string of the molecule is CC(CC(=O)O)NC(=O)C(C)Oc1ccc(Cl)c(Cl)c1. The minimum atomic E-state index is -0.976. The van der Waals surface area contributed by atoms with Gasteiger partial charge >= 0.3 is 5.97 Å². The van der Waals surface area contributed by atoms with Crippen molar-refractivity contribution in [2.24, 2.45) is 0 Å². The first kappa shape index (κ1) is 16.6. The third-order valence-corrected chi connectivity index (χ3v) is 3.18. The molecule has 2 unspecified atom stereocenters. The number of benzene rings is 1. The van der Waals surface area contributed by atoms with Crippen LogP contribution >= 0.6 is 23.2 Å². The molecule has 0 fully saturated rings. The Balaban J connectivity index is 2.56. The van der Waals surface area contributed by atoms with Gasteiger partial charge in [-0.1, -0.05) is 23.2 Å². The summed E-state index contributed by atoms with van der Waals surface area (Å²) >= 11 is 11.6. The van der Waals surface area contributed by atoms with E-state index in [-0.39, 0.29) is 6.42 Å². The first-order valence-corrected chi connectivity index (χ1v) is 6.69. The van der Waals surface area contributed by atoms with Crippen LogP contribution in [0.1, 0.15) is 20.3 Å². The van der Waals surface area contributed by atoms with Gasteiger partial charge in [0.25, 0.3) is 5.91 Å². The normalized spacial score (nSPS) is 13.4. The van der Waals surface area contributed by atoms with Gasteiger partial charge in [0.05, 0.1) is 16.5 Å². The lowest BCUT2D eigenvalue weighted by Gasteiger charge is -2.18. The third-order valence-electron chi connectivity index (χ3n) is 2.44. The van der Waals surface area contributed by atoms with Crippen molar-refractivity contribution in [1.29, 1.82) is 0 Å². The van der Waals surface area contributed by atoms with Crippen LogP contribution < -0.4 is 10.1 Å². The molecule has 0 aliphatic heterocycles. The number of rotatable bonds is 6. The van der Waals surface area contributed by atoms with Gasteiger partial charge in [-0.05, 0) is 26.0 Å². The number of hydrogen-bond donors (Lipinski definition) is 2. The quantitative estimate of drug-likeness (QED) is 0.845. The minimum absolute atomic E-state index is 0.148. The van der Waals surface area contributed by atoms with Crippen LogP contribution in [0, 0.1) is 0 Å². The fourth-order valence-corrected chi connectivity index (χ4v) is 1.77. The zero-order valence-electron chi connectivity index (χ0n) is 11.0. The highest BCUT2D eigenvalue weighted by Gasteiger charge is 2.18. The van der Waals surface area contributed by atoms with Crippen molar-refractivity contribution in [3.63, 3.8) is 0 Å². The molecule has 0 heterocycles.